The molecule has 1 aliphatic heterocycles. The van der Waals surface area contributed by atoms with Gasteiger partial charge in [-0.1, -0.05) is 12.2 Å². The van der Waals surface area contributed by atoms with Gasteiger partial charge in [-0.3, -0.25) is 0 Å². The molecular formula is C6H11F5N4P3+. The van der Waals surface area contributed by atoms with Gasteiger partial charge in [0.2, 0.25) is 0 Å². The lowest BCUT2D eigenvalue weighted by atomic mass is 10.5. The van der Waals surface area contributed by atoms with Crippen LogP contribution >= 0.6 is 23.7 Å². The van der Waals surface area contributed by atoms with Crippen molar-refractivity contribution in [2.75, 3.05) is 13.1 Å². The predicted molar refractivity (Wildman–Crippen MR) is 66.3 cm³/mol. The summed E-state index contributed by atoms with van der Waals surface area (Å²) in [6.07, 6.45) is 2.42. The topological polar surface area (TPSA) is 40.0 Å². The highest BCUT2D eigenvalue weighted by Crippen LogP contribution is 2.83. The Bertz CT molecular complexity index is 446. The molecule has 18 heavy (non-hydrogen) atoms. The molecule has 0 saturated carbocycles. The molecule has 0 radical (unpaired) electrons. The highest BCUT2D eigenvalue weighted by Gasteiger charge is 2.59. The Kier molecular flexibility index (Phi) is 4.90. The van der Waals surface area contributed by atoms with Crippen molar-refractivity contribution in [3.05, 3.63) is 25.3 Å². The molecule has 0 aromatic heterocycles. The van der Waals surface area contributed by atoms with E-state index in [1.54, 1.807) is 0 Å². The Morgan fingerprint density at radius 3 is 2.06 bits per heavy atom. The van der Waals surface area contributed by atoms with Crippen LogP contribution in [0, 0.1) is 0 Å². The highest BCUT2D eigenvalue weighted by atomic mass is 31.3. The second-order valence-corrected chi connectivity index (χ2v) is 8.92. The van der Waals surface area contributed by atoms with Crippen molar-refractivity contribution >= 4 is 23.7 Å². The smallest absolute Gasteiger partial charge is 0.153 e. The van der Waals surface area contributed by atoms with E-state index in [1.165, 1.54) is 17.0 Å². The van der Waals surface area contributed by atoms with Crippen LogP contribution in [0.2, 0.25) is 0 Å². The monoisotopic (exact) mass is 327 g/mol. The van der Waals surface area contributed by atoms with E-state index in [0.717, 1.165) is 4.67 Å². The van der Waals surface area contributed by atoms with Crippen LogP contribution in [0.25, 0.3) is 0 Å². The molecule has 104 valence electrons. The molecule has 0 bridgehead atoms. The van der Waals surface area contributed by atoms with Gasteiger partial charge in [0.15, 0.2) is 0 Å². The van der Waals surface area contributed by atoms with Crippen LogP contribution in [0.5, 0.6) is 0 Å². The number of hydrogen-bond donors (Lipinski definition) is 1. The van der Waals surface area contributed by atoms with Crippen molar-refractivity contribution < 1.29 is 21.0 Å². The zero-order chi connectivity index (χ0) is 14.0. The van der Waals surface area contributed by atoms with Crippen molar-refractivity contribution in [3.63, 3.8) is 0 Å². The maximum Gasteiger partial charge on any atom is 0.485 e. The number of halogens is 5. The molecule has 0 fully saturated rings. The summed E-state index contributed by atoms with van der Waals surface area (Å²) in [6, 6.07) is 0. The molecule has 1 aliphatic rings. The van der Waals surface area contributed by atoms with E-state index >= 15 is 0 Å². The average Bonchev–Trinajstić information content (AvgIpc) is 2.11. The van der Waals surface area contributed by atoms with Gasteiger partial charge >= 0.3 is 23.7 Å². The Morgan fingerprint density at radius 1 is 1.17 bits per heavy atom. The summed E-state index contributed by atoms with van der Waals surface area (Å²) in [4.78, 5) is 1.26. The van der Waals surface area contributed by atoms with E-state index in [0.29, 0.717) is 0 Å². The Labute approximate surface area is 102 Å². The minimum Gasteiger partial charge on any atom is -0.153 e. The second kappa shape index (κ2) is 5.51. The summed E-state index contributed by atoms with van der Waals surface area (Å²) in [5, 5.41) is 0. The maximum atomic E-state index is 14.3. The maximum absolute atomic E-state index is 14.3. The van der Waals surface area contributed by atoms with Gasteiger partial charge in [0.25, 0.3) is 0 Å². The first-order chi connectivity index (χ1) is 8.14. The largest absolute Gasteiger partial charge is 0.485 e. The van der Waals surface area contributed by atoms with E-state index in [-0.39, 0.29) is 13.1 Å². The van der Waals surface area contributed by atoms with E-state index in [9.17, 15) is 21.0 Å². The zero-order valence-corrected chi connectivity index (χ0v) is 11.7. The van der Waals surface area contributed by atoms with Crippen molar-refractivity contribution in [3.8, 4) is 0 Å². The van der Waals surface area contributed by atoms with Crippen LogP contribution in [0.4, 0.5) is 21.0 Å². The lowest BCUT2D eigenvalue weighted by Crippen LogP contribution is -2.28. The molecule has 0 aliphatic carbocycles. The molecule has 0 spiro atoms. The fraction of sp³-hybridized carbons (Fsp3) is 0.333. The third-order valence-electron chi connectivity index (χ3n) is 1.75. The van der Waals surface area contributed by atoms with E-state index in [4.69, 9.17) is 0 Å². The van der Waals surface area contributed by atoms with Crippen LogP contribution in [0.3, 0.4) is 0 Å². The number of rotatable bonds is 5. The fourth-order valence-corrected chi connectivity index (χ4v) is 7.77. The molecule has 0 aromatic rings. The summed E-state index contributed by atoms with van der Waals surface area (Å²) in [7, 11) is -15.8. The van der Waals surface area contributed by atoms with E-state index < -0.39 is 23.7 Å². The first-order valence-electron chi connectivity index (χ1n) is 4.56. The Hall–Kier alpha value is -0.0600. The van der Waals surface area contributed by atoms with Crippen molar-refractivity contribution in [2.24, 2.45) is 9.03 Å². The second-order valence-electron chi connectivity index (χ2n) is 3.19. The van der Waals surface area contributed by atoms with Crippen LogP contribution in [0.15, 0.2) is 34.3 Å². The third kappa shape index (κ3) is 3.97. The summed E-state index contributed by atoms with van der Waals surface area (Å²) in [5.74, 6) is 0. The van der Waals surface area contributed by atoms with Crippen LogP contribution in [-0.4, -0.2) is 17.8 Å². The molecule has 0 amide bonds. The van der Waals surface area contributed by atoms with Crippen molar-refractivity contribution in [2.45, 2.75) is 0 Å². The standard InChI is InChI=1S/C6H11F5N4P3/c1-3-5-15(6-4-2)18(11)13-16(7,8)12-17(9,10)14-18/h3-4,13H,1-2,5-6H2/q+1. The number of hydrogen-bond acceptors (Lipinski definition) is 4. The first-order valence-corrected chi connectivity index (χ1v) is 9.14. The summed E-state index contributed by atoms with van der Waals surface area (Å²) in [6.45, 7) is 6.21. The van der Waals surface area contributed by atoms with Gasteiger partial charge in [0, 0.05) is 8.71 Å². The summed E-state index contributed by atoms with van der Waals surface area (Å²) < 4.78 is 71.9. The quantitative estimate of drug-likeness (QED) is 0.401. The van der Waals surface area contributed by atoms with E-state index in [2.05, 4.69) is 17.7 Å². The van der Waals surface area contributed by atoms with E-state index in [1.807, 2.05) is 4.52 Å². The zero-order valence-electron chi connectivity index (χ0n) is 9.06. The molecule has 0 saturated heterocycles. The fourth-order valence-electron chi connectivity index (χ4n) is 1.20. The van der Waals surface area contributed by atoms with Gasteiger partial charge in [-0.05, 0) is 4.86 Å². The third-order valence-corrected chi connectivity index (χ3v) is 8.37. The first kappa shape index (κ1) is 16.0. The Balaban J connectivity index is 3.20. The molecule has 1 rings (SSSR count). The van der Waals surface area contributed by atoms with Gasteiger partial charge in [-0.2, -0.15) is 8.39 Å². The highest BCUT2D eigenvalue weighted by molar-refractivity contribution is 7.84. The molecule has 1 heterocycles. The minimum absolute atomic E-state index is 0.202. The molecule has 0 aromatic carbocycles. The van der Waals surface area contributed by atoms with Crippen molar-refractivity contribution in [1.82, 2.24) is 9.53 Å². The molecule has 1 N–H and O–H groups in total. The van der Waals surface area contributed by atoms with Crippen molar-refractivity contribution in [1.29, 1.82) is 0 Å². The van der Waals surface area contributed by atoms with Gasteiger partial charge < -0.3 is 0 Å². The minimum atomic E-state index is -5.63. The molecule has 1 atom stereocenters. The van der Waals surface area contributed by atoms with Crippen LogP contribution in [-0.2, 0) is 0 Å². The lowest BCUT2D eigenvalue weighted by molar-refractivity contribution is 0.499. The summed E-state index contributed by atoms with van der Waals surface area (Å²) in [5.41, 5.74) is 0. The number of nitrogens with zero attached hydrogens (tertiary/aromatic N) is 3. The van der Waals surface area contributed by atoms with Gasteiger partial charge in [-0.25, -0.2) is 0 Å². The molecule has 1 unspecified atom stereocenters. The van der Waals surface area contributed by atoms with Gasteiger partial charge in [-0.15, -0.1) is 30.7 Å². The Morgan fingerprint density at radius 2 is 1.67 bits per heavy atom. The molecular weight excluding hydrogens is 316 g/mol. The van der Waals surface area contributed by atoms with Crippen LogP contribution < -0.4 is 4.86 Å². The SMILES string of the molecule is C=CCN(CC=C)[P+]1(F)N=P(F)(F)N=P(F)(F)N1. The lowest BCUT2D eigenvalue weighted by Gasteiger charge is -2.25. The summed E-state index contributed by atoms with van der Waals surface area (Å²) >= 11 is 0. The molecule has 4 nitrogen and oxygen atoms in total. The predicted octanol–water partition coefficient (Wildman–Crippen LogP) is 5.68. The van der Waals surface area contributed by atoms with Crippen LogP contribution in [0.1, 0.15) is 0 Å². The van der Waals surface area contributed by atoms with Gasteiger partial charge in [0.05, 0.1) is 13.1 Å². The normalized spacial score (nSPS) is 29.2. The average molecular weight is 327 g/mol. The molecule has 12 heteroatoms. The van der Waals surface area contributed by atoms with Gasteiger partial charge in [0.1, 0.15) is 0 Å². The number of nitrogens with one attached hydrogen (secondary N) is 1.